The predicted molar refractivity (Wildman–Crippen MR) is 111 cm³/mol. The lowest BCUT2D eigenvalue weighted by Gasteiger charge is -2.17. The van der Waals surface area contributed by atoms with Crippen LogP contribution in [0.25, 0.3) is 10.9 Å². The van der Waals surface area contributed by atoms with E-state index in [0.717, 1.165) is 6.39 Å². The number of hydrogen-bond acceptors (Lipinski definition) is 6. The second-order valence-electron chi connectivity index (χ2n) is 6.96. The summed E-state index contributed by atoms with van der Waals surface area (Å²) in [5, 5.41) is -0.928. The molecule has 1 atom stereocenters. The van der Waals surface area contributed by atoms with Gasteiger partial charge >= 0.3 is 5.97 Å². The van der Waals surface area contributed by atoms with E-state index < -0.39 is 26.9 Å². The zero-order valence-corrected chi connectivity index (χ0v) is 17.6. The Balaban J connectivity index is 2.05. The van der Waals surface area contributed by atoms with Gasteiger partial charge in [0.05, 0.1) is 18.2 Å². The van der Waals surface area contributed by atoms with Crippen LogP contribution in [-0.4, -0.2) is 31.0 Å². The Morgan fingerprint density at radius 2 is 1.97 bits per heavy atom. The fourth-order valence-corrected chi connectivity index (χ4v) is 5.60. The zero-order chi connectivity index (χ0) is 22.2. The summed E-state index contributed by atoms with van der Waals surface area (Å²) in [6.07, 6.45) is 2.47. The molecule has 0 spiro atoms. The summed E-state index contributed by atoms with van der Waals surface area (Å²) in [6, 6.07) is 12.0. The molecule has 7 nitrogen and oxygen atoms in total. The molecule has 4 rings (SSSR count). The highest BCUT2D eigenvalue weighted by atomic mass is 32.2. The number of rotatable bonds is 6. The van der Waals surface area contributed by atoms with Gasteiger partial charge < -0.3 is 13.7 Å². The van der Waals surface area contributed by atoms with E-state index in [-0.39, 0.29) is 17.2 Å². The van der Waals surface area contributed by atoms with E-state index in [2.05, 4.69) is 4.98 Å². The normalized spacial score (nSPS) is 12.7. The van der Waals surface area contributed by atoms with Crippen LogP contribution < -0.4 is 0 Å². The van der Waals surface area contributed by atoms with Gasteiger partial charge in [-0.2, -0.15) is 0 Å². The number of benzene rings is 2. The minimum atomic E-state index is -4.01. The van der Waals surface area contributed by atoms with E-state index in [1.165, 1.54) is 43.6 Å². The molecule has 0 N–H and O–H groups in total. The molecule has 0 aliphatic heterocycles. The van der Waals surface area contributed by atoms with Crippen LogP contribution in [0.3, 0.4) is 0 Å². The molecule has 9 heteroatoms. The second kappa shape index (κ2) is 7.99. The Labute approximate surface area is 178 Å². The average molecular weight is 442 g/mol. The van der Waals surface area contributed by atoms with Crippen molar-refractivity contribution in [2.45, 2.75) is 23.6 Å². The molecule has 0 bridgehead atoms. The van der Waals surface area contributed by atoms with Crippen LogP contribution in [0.1, 0.15) is 22.3 Å². The number of fused-ring (bicyclic) bond motifs is 1. The monoisotopic (exact) mass is 442 g/mol. The summed E-state index contributed by atoms with van der Waals surface area (Å²) in [6.45, 7) is 1.53. The predicted octanol–water partition coefficient (Wildman–Crippen LogP) is 3.81. The fraction of sp³-hybridized carbons (Fsp3) is 0.182. The molecule has 2 heterocycles. The van der Waals surface area contributed by atoms with E-state index in [1.54, 1.807) is 29.7 Å². The molecule has 0 saturated heterocycles. The number of ether oxygens (including phenoxy) is 1. The minimum absolute atomic E-state index is 0.0843. The molecule has 31 heavy (non-hydrogen) atoms. The van der Waals surface area contributed by atoms with Crippen molar-refractivity contribution in [3.63, 3.8) is 0 Å². The van der Waals surface area contributed by atoms with Crippen molar-refractivity contribution in [1.82, 2.24) is 9.55 Å². The second-order valence-corrected chi connectivity index (χ2v) is 9.00. The Morgan fingerprint density at radius 3 is 2.61 bits per heavy atom. The van der Waals surface area contributed by atoms with Gasteiger partial charge in [0.25, 0.3) is 0 Å². The number of esters is 1. The van der Waals surface area contributed by atoms with E-state index in [0.29, 0.717) is 22.2 Å². The molecule has 0 aliphatic rings. The first-order chi connectivity index (χ1) is 14.8. The number of nitrogens with zero attached hydrogens (tertiary/aromatic N) is 2. The molecule has 160 valence electrons. The lowest BCUT2D eigenvalue weighted by atomic mass is 10.1. The smallest absolute Gasteiger partial charge is 0.325 e. The Morgan fingerprint density at radius 1 is 1.23 bits per heavy atom. The summed E-state index contributed by atoms with van der Waals surface area (Å²) >= 11 is 0. The van der Waals surface area contributed by atoms with Gasteiger partial charge in [0.15, 0.2) is 21.5 Å². The number of carbonyl (C=O) groups excluding carboxylic acids is 1. The van der Waals surface area contributed by atoms with Gasteiger partial charge in [-0.1, -0.05) is 18.2 Å². The number of methoxy groups -OCH3 is 1. The standard InChI is InChI=1S/C22H19FN2O5S/c1-14-21(17-10-15(23)8-9-18(17)25(14)12-20(26)29-2)22(19-11-24-13-30-19)31(27,28)16-6-4-3-5-7-16/h3-11,13,22H,12H2,1-2H3. The average Bonchev–Trinajstić information content (AvgIpc) is 3.37. The molecule has 0 amide bonds. The molecular formula is C22H19FN2O5S. The molecule has 0 radical (unpaired) electrons. The molecule has 2 aromatic carbocycles. The maximum atomic E-state index is 14.2. The summed E-state index contributed by atoms with van der Waals surface area (Å²) in [4.78, 5) is 16.0. The summed E-state index contributed by atoms with van der Waals surface area (Å²) < 4.78 is 53.5. The van der Waals surface area contributed by atoms with Gasteiger partial charge in [-0.25, -0.2) is 17.8 Å². The van der Waals surface area contributed by atoms with Crippen molar-refractivity contribution in [3.05, 3.63) is 84.0 Å². The van der Waals surface area contributed by atoms with Crippen molar-refractivity contribution >= 4 is 26.7 Å². The van der Waals surface area contributed by atoms with Crippen molar-refractivity contribution in [2.75, 3.05) is 7.11 Å². The quantitative estimate of drug-likeness (QED) is 0.422. The fourth-order valence-electron chi connectivity index (χ4n) is 3.76. The van der Waals surface area contributed by atoms with Gasteiger partial charge in [0, 0.05) is 22.2 Å². The van der Waals surface area contributed by atoms with Gasteiger partial charge in [-0.15, -0.1) is 0 Å². The third kappa shape index (κ3) is 3.61. The topological polar surface area (TPSA) is 91.4 Å². The Bertz CT molecular complexity index is 1350. The number of sulfone groups is 1. The lowest BCUT2D eigenvalue weighted by molar-refractivity contribution is -0.141. The molecular weight excluding hydrogens is 423 g/mol. The van der Waals surface area contributed by atoms with Crippen LogP contribution in [0.2, 0.25) is 0 Å². The van der Waals surface area contributed by atoms with E-state index in [9.17, 15) is 17.6 Å². The minimum Gasteiger partial charge on any atom is -0.468 e. The highest BCUT2D eigenvalue weighted by Crippen LogP contribution is 2.41. The van der Waals surface area contributed by atoms with Gasteiger partial charge in [0.2, 0.25) is 0 Å². The highest BCUT2D eigenvalue weighted by Gasteiger charge is 2.37. The third-order valence-corrected chi connectivity index (χ3v) is 7.22. The molecule has 0 aliphatic carbocycles. The van der Waals surface area contributed by atoms with E-state index in [1.807, 2.05) is 0 Å². The van der Waals surface area contributed by atoms with Gasteiger partial charge in [-0.3, -0.25) is 4.79 Å². The maximum absolute atomic E-state index is 14.2. The van der Waals surface area contributed by atoms with Gasteiger partial charge in [0.1, 0.15) is 18.1 Å². The first-order valence-electron chi connectivity index (χ1n) is 9.37. The summed E-state index contributed by atoms with van der Waals surface area (Å²) in [5.41, 5.74) is 1.30. The van der Waals surface area contributed by atoms with E-state index in [4.69, 9.17) is 9.15 Å². The van der Waals surface area contributed by atoms with Crippen molar-refractivity contribution in [1.29, 1.82) is 0 Å². The SMILES string of the molecule is COC(=O)Cn1c(C)c(C(c2cnco2)S(=O)(=O)c2ccccc2)c2cc(F)ccc21. The number of carbonyl (C=O) groups is 1. The van der Waals surface area contributed by atoms with Crippen molar-refractivity contribution in [2.24, 2.45) is 0 Å². The number of aromatic nitrogens is 2. The lowest BCUT2D eigenvalue weighted by Crippen LogP contribution is -2.17. The van der Waals surface area contributed by atoms with Crippen molar-refractivity contribution in [3.8, 4) is 0 Å². The molecule has 4 aromatic rings. The Hall–Kier alpha value is -3.46. The van der Waals surface area contributed by atoms with Crippen LogP contribution in [0.5, 0.6) is 0 Å². The molecule has 0 fully saturated rings. The number of halogens is 1. The van der Waals surface area contributed by atoms with Crippen LogP contribution in [0.15, 0.2) is 70.4 Å². The van der Waals surface area contributed by atoms with Crippen LogP contribution in [0.4, 0.5) is 4.39 Å². The Kier molecular flexibility index (Phi) is 5.36. The van der Waals surface area contributed by atoms with Gasteiger partial charge in [-0.05, 0) is 37.3 Å². The summed E-state index contributed by atoms with van der Waals surface area (Å²) in [7, 11) is -2.75. The zero-order valence-electron chi connectivity index (χ0n) is 16.8. The first-order valence-corrected chi connectivity index (χ1v) is 10.9. The van der Waals surface area contributed by atoms with Crippen LogP contribution in [0, 0.1) is 12.7 Å². The largest absolute Gasteiger partial charge is 0.468 e. The van der Waals surface area contributed by atoms with Crippen LogP contribution >= 0.6 is 0 Å². The number of oxazole rings is 1. The number of hydrogen-bond donors (Lipinski definition) is 0. The highest BCUT2D eigenvalue weighted by molar-refractivity contribution is 7.92. The maximum Gasteiger partial charge on any atom is 0.325 e. The van der Waals surface area contributed by atoms with Crippen LogP contribution in [-0.2, 0) is 25.9 Å². The van der Waals surface area contributed by atoms with E-state index >= 15 is 0 Å². The molecule has 2 aromatic heterocycles. The first kappa shape index (κ1) is 20.8. The van der Waals surface area contributed by atoms with Crippen molar-refractivity contribution < 1.29 is 26.8 Å². The third-order valence-electron chi connectivity index (χ3n) is 5.20. The summed E-state index contributed by atoms with van der Waals surface area (Å²) in [5.74, 6) is -0.955. The molecule has 0 saturated carbocycles. The molecule has 1 unspecified atom stereocenters.